The Hall–Kier alpha value is -2.85. The van der Waals surface area contributed by atoms with Crippen molar-refractivity contribution in [3.8, 4) is 11.3 Å². The zero-order valence-corrected chi connectivity index (χ0v) is 14.4. The molecule has 10 nitrogen and oxygen atoms in total. The number of anilines is 2. The van der Waals surface area contributed by atoms with E-state index in [1.54, 1.807) is 23.3 Å². The van der Waals surface area contributed by atoms with Gasteiger partial charge in [-0.05, 0) is 6.92 Å². The highest BCUT2D eigenvalue weighted by atomic mass is 16.5. The van der Waals surface area contributed by atoms with E-state index < -0.39 is 0 Å². The van der Waals surface area contributed by atoms with Crippen LogP contribution in [-0.2, 0) is 4.74 Å². The maximum atomic E-state index is 9.54. The van der Waals surface area contributed by atoms with Crippen molar-refractivity contribution in [1.29, 1.82) is 0 Å². The summed E-state index contributed by atoms with van der Waals surface area (Å²) < 4.78 is 7.13. The number of hydrogen-bond acceptors (Lipinski definition) is 9. The van der Waals surface area contributed by atoms with Crippen LogP contribution in [0.1, 0.15) is 13.0 Å². The lowest BCUT2D eigenvalue weighted by Crippen LogP contribution is -2.37. The Morgan fingerprint density at radius 3 is 2.62 bits per heavy atom. The Morgan fingerprint density at radius 1 is 1.19 bits per heavy atom. The van der Waals surface area contributed by atoms with Crippen molar-refractivity contribution in [3.05, 3.63) is 18.6 Å². The van der Waals surface area contributed by atoms with Crippen LogP contribution < -0.4 is 10.6 Å². The summed E-state index contributed by atoms with van der Waals surface area (Å²) in [6, 6.07) is -0.199. The van der Waals surface area contributed by atoms with Crippen molar-refractivity contribution in [2.45, 2.75) is 13.0 Å². The zero-order valence-electron chi connectivity index (χ0n) is 14.4. The normalized spacial score (nSPS) is 16.2. The highest BCUT2D eigenvalue weighted by molar-refractivity contribution is 5.91. The molecule has 0 unspecified atom stereocenters. The van der Waals surface area contributed by atoms with E-state index in [1.807, 2.05) is 6.92 Å². The van der Waals surface area contributed by atoms with E-state index in [4.69, 9.17) is 20.4 Å². The summed E-state index contributed by atoms with van der Waals surface area (Å²) in [5, 5.41) is 14.7. The number of morpholine rings is 1. The molecule has 0 saturated carbocycles. The largest absolute Gasteiger partial charge is 0.394 e. The zero-order chi connectivity index (χ0) is 18.1. The van der Waals surface area contributed by atoms with Gasteiger partial charge in [0, 0.05) is 31.0 Å². The minimum absolute atomic E-state index is 0.0337. The predicted octanol–water partition coefficient (Wildman–Crippen LogP) is 0.255. The molecule has 0 aromatic carbocycles. The third-order valence-electron chi connectivity index (χ3n) is 4.36. The lowest BCUT2D eigenvalue weighted by Gasteiger charge is -2.27. The molecular weight excluding hydrogens is 336 g/mol. The summed E-state index contributed by atoms with van der Waals surface area (Å²) in [5.74, 6) is 0.802. The Labute approximate surface area is 149 Å². The highest BCUT2D eigenvalue weighted by Gasteiger charge is 2.21. The summed E-state index contributed by atoms with van der Waals surface area (Å²) >= 11 is 0. The van der Waals surface area contributed by atoms with Gasteiger partial charge in [-0.1, -0.05) is 0 Å². The Bertz CT molecular complexity index is 905. The molecule has 1 atom stereocenters. The van der Waals surface area contributed by atoms with Gasteiger partial charge in [0.2, 0.25) is 11.9 Å². The maximum absolute atomic E-state index is 9.54. The summed E-state index contributed by atoms with van der Waals surface area (Å²) in [6.07, 6.45) is 4.98. The van der Waals surface area contributed by atoms with E-state index in [-0.39, 0.29) is 18.6 Å². The molecule has 0 radical (unpaired) electrons. The number of fused-ring (bicyclic) bond motifs is 1. The van der Waals surface area contributed by atoms with Crippen LogP contribution in [0.5, 0.6) is 0 Å². The van der Waals surface area contributed by atoms with Gasteiger partial charge in [-0.25, -0.2) is 19.6 Å². The minimum Gasteiger partial charge on any atom is -0.394 e. The van der Waals surface area contributed by atoms with Crippen LogP contribution in [-0.4, -0.2) is 67.7 Å². The highest BCUT2D eigenvalue weighted by Crippen LogP contribution is 2.29. The van der Waals surface area contributed by atoms with Crippen LogP contribution in [0.25, 0.3) is 22.3 Å². The molecule has 0 spiro atoms. The number of nitrogens with zero attached hydrogens (tertiary/aromatic N) is 7. The molecule has 3 aromatic heterocycles. The molecule has 4 heterocycles. The number of rotatable bonds is 4. The fraction of sp³-hybridized carbons (Fsp3) is 0.438. The average Bonchev–Trinajstić information content (AvgIpc) is 3.12. The lowest BCUT2D eigenvalue weighted by molar-refractivity contribution is 0.122. The van der Waals surface area contributed by atoms with Gasteiger partial charge >= 0.3 is 0 Å². The molecule has 0 bridgehead atoms. The van der Waals surface area contributed by atoms with Gasteiger partial charge in [0.05, 0.1) is 43.1 Å². The summed E-state index contributed by atoms with van der Waals surface area (Å²) in [4.78, 5) is 19.7. The van der Waals surface area contributed by atoms with E-state index in [9.17, 15) is 5.11 Å². The number of nitrogen functional groups attached to an aromatic ring is 1. The number of aromatic nitrogens is 6. The van der Waals surface area contributed by atoms with Crippen LogP contribution in [0, 0.1) is 0 Å². The molecule has 1 fully saturated rings. The fourth-order valence-corrected chi connectivity index (χ4v) is 2.90. The Balaban J connectivity index is 1.90. The van der Waals surface area contributed by atoms with E-state index in [0.29, 0.717) is 43.6 Å². The Morgan fingerprint density at radius 2 is 1.92 bits per heavy atom. The quantitative estimate of drug-likeness (QED) is 0.676. The molecule has 0 aliphatic carbocycles. The van der Waals surface area contributed by atoms with E-state index >= 15 is 0 Å². The summed E-state index contributed by atoms with van der Waals surface area (Å²) in [5.41, 5.74) is 7.69. The molecule has 3 aromatic rings. The molecule has 1 saturated heterocycles. The second-order valence-corrected chi connectivity index (χ2v) is 6.16. The van der Waals surface area contributed by atoms with Gasteiger partial charge in [0.25, 0.3) is 0 Å². The van der Waals surface area contributed by atoms with Gasteiger partial charge in [-0.15, -0.1) is 0 Å². The standard InChI is InChI=1S/C16H20N8O2/c1-10(9-25)24-14-12(8-20-24)13(11-6-18-15(17)19-7-11)21-16(22-14)23-2-4-26-5-3-23/h6-8,10,25H,2-5,9H2,1H3,(H2,17,18,19)/t10-/m0/s1. The fourth-order valence-electron chi connectivity index (χ4n) is 2.90. The number of aliphatic hydroxyl groups is 1. The third kappa shape index (κ3) is 2.93. The van der Waals surface area contributed by atoms with Gasteiger partial charge in [-0.2, -0.15) is 10.1 Å². The molecule has 0 amide bonds. The van der Waals surface area contributed by atoms with Crippen molar-refractivity contribution in [3.63, 3.8) is 0 Å². The average molecular weight is 356 g/mol. The Kier molecular flexibility index (Phi) is 4.35. The summed E-state index contributed by atoms with van der Waals surface area (Å²) in [7, 11) is 0. The third-order valence-corrected chi connectivity index (χ3v) is 4.36. The van der Waals surface area contributed by atoms with E-state index in [2.05, 4.69) is 20.0 Å². The first-order chi connectivity index (χ1) is 12.7. The van der Waals surface area contributed by atoms with E-state index in [0.717, 1.165) is 10.9 Å². The SMILES string of the molecule is C[C@@H](CO)n1ncc2c(-c3cnc(N)nc3)nc(N3CCOCC3)nc21. The van der Waals surface area contributed by atoms with E-state index in [1.165, 1.54) is 0 Å². The molecule has 3 N–H and O–H groups in total. The molecule has 4 rings (SSSR count). The van der Waals surface area contributed by atoms with Crippen molar-refractivity contribution < 1.29 is 9.84 Å². The van der Waals surface area contributed by atoms with Gasteiger partial charge in [0.1, 0.15) is 0 Å². The predicted molar refractivity (Wildman–Crippen MR) is 95.6 cm³/mol. The van der Waals surface area contributed by atoms with Gasteiger partial charge < -0.3 is 20.5 Å². The molecule has 26 heavy (non-hydrogen) atoms. The molecule has 10 heteroatoms. The number of ether oxygens (including phenoxy) is 1. The molecule has 136 valence electrons. The molecule has 1 aliphatic heterocycles. The van der Waals surface area contributed by atoms with Gasteiger partial charge in [-0.3, -0.25) is 0 Å². The first-order valence-corrected chi connectivity index (χ1v) is 8.44. The first kappa shape index (κ1) is 16.6. The lowest BCUT2D eigenvalue weighted by atomic mass is 10.2. The minimum atomic E-state index is -0.199. The topological polar surface area (TPSA) is 128 Å². The number of nitrogens with two attached hydrogens (primary N) is 1. The van der Waals surface area contributed by atoms with Crippen LogP contribution in [0.15, 0.2) is 18.6 Å². The van der Waals surface area contributed by atoms with Crippen molar-refractivity contribution in [2.24, 2.45) is 0 Å². The molecular formula is C16H20N8O2. The number of aliphatic hydroxyl groups excluding tert-OH is 1. The van der Waals surface area contributed by atoms with Crippen LogP contribution in [0.4, 0.5) is 11.9 Å². The van der Waals surface area contributed by atoms with Crippen LogP contribution >= 0.6 is 0 Å². The molecule has 1 aliphatic rings. The summed E-state index contributed by atoms with van der Waals surface area (Å²) in [6.45, 7) is 4.55. The second-order valence-electron chi connectivity index (χ2n) is 6.16. The first-order valence-electron chi connectivity index (χ1n) is 8.44. The van der Waals surface area contributed by atoms with Crippen molar-refractivity contribution in [1.82, 2.24) is 29.7 Å². The van der Waals surface area contributed by atoms with Crippen molar-refractivity contribution >= 4 is 22.9 Å². The maximum Gasteiger partial charge on any atom is 0.228 e. The second kappa shape index (κ2) is 6.81. The van der Waals surface area contributed by atoms with Crippen LogP contribution in [0.3, 0.4) is 0 Å². The van der Waals surface area contributed by atoms with Crippen LogP contribution in [0.2, 0.25) is 0 Å². The number of hydrogen-bond donors (Lipinski definition) is 2. The van der Waals surface area contributed by atoms with Crippen molar-refractivity contribution in [2.75, 3.05) is 43.5 Å². The smallest absolute Gasteiger partial charge is 0.228 e. The monoisotopic (exact) mass is 356 g/mol. The van der Waals surface area contributed by atoms with Gasteiger partial charge in [0.15, 0.2) is 5.65 Å².